The van der Waals surface area contributed by atoms with Crippen molar-refractivity contribution in [3.63, 3.8) is 0 Å². The summed E-state index contributed by atoms with van der Waals surface area (Å²) < 4.78 is 42.6. The molecule has 0 spiro atoms. The van der Waals surface area contributed by atoms with E-state index in [2.05, 4.69) is 20.1 Å². The first kappa shape index (κ1) is 24.1. The van der Waals surface area contributed by atoms with Gasteiger partial charge in [0.15, 0.2) is 23.1 Å². The minimum Gasteiger partial charge on any atom is -0.493 e. The van der Waals surface area contributed by atoms with Crippen LogP contribution in [0.4, 0.5) is 25.0 Å². The molecule has 190 valence electrons. The summed E-state index contributed by atoms with van der Waals surface area (Å²) in [6, 6.07) is 2.20. The van der Waals surface area contributed by atoms with E-state index < -0.39 is 23.4 Å². The summed E-state index contributed by atoms with van der Waals surface area (Å²) in [7, 11) is 4.31. The van der Waals surface area contributed by atoms with E-state index in [-0.39, 0.29) is 24.6 Å². The highest BCUT2D eigenvalue weighted by Gasteiger charge is 2.37. The Kier molecular flexibility index (Phi) is 6.15. The number of benzene rings is 1. The number of carbonyl (C=O) groups excluding carboxylic acids is 1. The minimum absolute atomic E-state index is 0.00991. The Hall–Kier alpha value is -4.61. The molecular weight excluding hydrogens is 484 g/mol. The highest BCUT2D eigenvalue weighted by atomic mass is 19.1. The Labute approximate surface area is 211 Å². The molecule has 0 radical (unpaired) electrons. The highest BCUT2D eigenvalue weighted by molar-refractivity contribution is 6.06. The fourth-order valence-corrected chi connectivity index (χ4v) is 4.34. The van der Waals surface area contributed by atoms with Crippen molar-refractivity contribution in [2.24, 2.45) is 7.05 Å². The molecule has 0 saturated heterocycles. The molecule has 4 heterocycles. The van der Waals surface area contributed by atoms with Gasteiger partial charge in [0.25, 0.3) is 0 Å². The SMILES string of the molecule is COc1cc(OC)c(F)c(N2Cc3cnc(-c4cn(C)nc4C)cc3N(Cc3cnccn3)C2=O)c1F. The van der Waals surface area contributed by atoms with Crippen molar-refractivity contribution < 1.29 is 23.0 Å². The molecular formula is C25H23F2N7O3. The van der Waals surface area contributed by atoms with Gasteiger partial charge in [-0.05, 0) is 13.0 Å². The van der Waals surface area contributed by atoms with E-state index in [1.807, 2.05) is 20.2 Å². The first-order valence-electron chi connectivity index (χ1n) is 11.3. The summed E-state index contributed by atoms with van der Waals surface area (Å²) in [4.78, 5) is 29.2. The molecule has 1 aliphatic heterocycles. The third-order valence-electron chi connectivity index (χ3n) is 6.09. The van der Waals surface area contributed by atoms with Crippen molar-refractivity contribution in [3.05, 3.63) is 71.7 Å². The fraction of sp³-hybridized carbons (Fsp3) is 0.240. The van der Waals surface area contributed by atoms with Crippen LogP contribution in [-0.2, 0) is 20.1 Å². The molecule has 3 aromatic heterocycles. The maximum Gasteiger partial charge on any atom is 0.329 e. The summed E-state index contributed by atoms with van der Waals surface area (Å²) >= 11 is 0. The Balaban J connectivity index is 1.66. The Morgan fingerprint density at radius 3 is 2.35 bits per heavy atom. The lowest BCUT2D eigenvalue weighted by atomic mass is 10.1. The lowest BCUT2D eigenvalue weighted by molar-refractivity contribution is 0.249. The minimum atomic E-state index is -1.02. The van der Waals surface area contributed by atoms with Crippen LogP contribution in [0.5, 0.6) is 11.5 Å². The summed E-state index contributed by atoms with van der Waals surface area (Å²) in [6.45, 7) is 1.74. The van der Waals surface area contributed by atoms with Gasteiger partial charge in [-0.3, -0.25) is 29.4 Å². The van der Waals surface area contributed by atoms with Gasteiger partial charge in [-0.25, -0.2) is 13.6 Å². The van der Waals surface area contributed by atoms with Crippen LogP contribution in [0.2, 0.25) is 0 Å². The first-order valence-corrected chi connectivity index (χ1v) is 11.3. The molecule has 0 aliphatic carbocycles. The van der Waals surface area contributed by atoms with Gasteiger partial charge in [0.05, 0.1) is 56.3 Å². The van der Waals surface area contributed by atoms with Gasteiger partial charge < -0.3 is 9.47 Å². The van der Waals surface area contributed by atoms with Crippen LogP contribution in [0.1, 0.15) is 17.0 Å². The number of anilines is 2. The molecule has 1 aliphatic rings. The van der Waals surface area contributed by atoms with Crippen molar-refractivity contribution in [2.75, 3.05) is 24.0 Å². The molecule has 5 rings (SSSR count). The molecule has 37 heavy (non-hydrogen) atoms. The number of aryl methyl sites for hydroxylation is 2. The average Bonchev–Trinajstić information content (AvgIpc) is 3.24. The number of aromatic nitrogens is 5. The number of carbonyl (C=O) groups is 1. The number of amides is 2. The molecule has 0 N–H and O–H groups in total. The zero-order valence-electron chi connectivity index (χ0n) is 20.6. The molecule has 12 heteroatoms. The van der Waals surface area contributed by atoms with Gasteiger partial charge >= 0.3 is 6.03 Å². The van der Waals surface area contributed by atoms with E-state index in [1.54, 1.807) is 16.9 Å². The molecule has 0 bridgehead atoms. The molecule has 0 unspecified atom stereocenters. The Bertz CT molecular complexity index is 1470. The Morgan fingerprint density at radius 1 is 1.03 bits per heavy atom. The van der Waals surface area contributed by atoms with E-state index in [0.29, 0.717) is 22.6 Å². The van der Waals surface area contributed by atoms with Gasteiger partial charge in [-0.15, -0.1) is 0 Å². The van der Waals surface area contributed by atoms with Crippen LogP contribution in [0, 0.1) is 18.6 Å². The van der Waals surface area contributed by atoms with Crippen molar-refractivity contribution in [3.8, 4) is 22.8 Å². The number of halogens is 2. The molecule has 10 nitrogen and oxygen atoms in total. The number of methoxy groups -OCH3 is 2. The van der Waals surface area contributed by atoms with E-state index >= 15 is 8.78 Å². The normalized spacial score (nSPS) is 13.1. The molecule has 0 atom stereocenters. The van der Waals surface area contributed by atoms with Gasteiger partial charge in [0.1, 0.15) is 5.69 Å². The third-order valence-corrected chi connectivity index (χ3v) is 6.09. The number of hydrogen-bond acceptors (Lipinski definition) is 7. The van der Waals surface area contributed by atoms with E-state index in [0.717, 1.165) is 22.2 Å². The van der Waals surface area contributed by atoms with Crippen molar-refractivity contribution in [1.29, 1.82) is 0 Å². The molecule has 0 saturated carbocycles. The van der Waals surface area contributed by atoms with Crippen LogP contribution in [0.25, 0.3) is 11.3 Å². The maximum atomic E-state index is 15.4. The quantitative estimate of drug-likeness (QED) is 0.389. The second-order valence-corrected chi connectivity index (χ2v) is 8.41. The highest BCUT2D eigenvalue weighted by Crippen LogP contribution is 2.41. The third kappa shape index (κ3) is 4.20. The second-order valence-electron chi connectivity index (χ2n) is 8.41. The number of nitrogens with zero attached hydrogens (tertiary/aromatic N) is 7. The van der Waals surface area contributed by atoms with E-state index in [9.17, 15) is 4.79 Å². The number of pyridine rings is 1. The standard InChI is InChI=1S/C25H23F2N7O3/c1-14-17(13-32(2)31-14)18-7-19-15(9-30-18)11-34(25(35)33(19)12-16-10-28-5-6-29-16)24-22(26)20(36-3)8-21(37-4)23(24)27/h5-10,13H,11-12H2,1-4H3. The summed E-state index contributed by atoms with van der Waals surface area (Å²) in [5, 5.41) is 4.37. The maximum absolute atomic E-state index is 15.4. The van der Waals surface area contributed by atoms with Crippen LogP contribution in [-0.4, -0.2) is 45.0 Å². The second kappa shape index (κ2) is 9.45. The smallest absolute Gasteiger partial charge is 0.329 e. The largest absolute Gasteiger partial charge is 0.493 e. The van der Waals surface area contributed by atoms with Crippen LogP contribution >= 0.6 is 0 Å². The van der Waals surface area contributed by atoms with Gasteiger partial charge in [-0.1, -0.05) is 0 Å². The van der Waals surface area contributed by atoms with E-state index in [1.165, 1.54) is 37.7 Å². The van der Waals surface area contributed by atoms with Crippen LogP contribution in [0.3, 0.4) is 0 Å². The molecule has 4 aromatic rings. The number of hydrogen-bond donors (Lipinski definition) is 0. The van der Waals surface area contributed by atoms with Gasteiger partial charge in [-0.2, -0.15) is 5.10 Å². The molecule has 1 aromatic carbocycles. The van der Waals surface area contributed by atoms with Crippen LogP contribution < -0.4 is 19.3 Å². The lowest BCUT2D eigenvalue weighted by Crippen LogP contribution is -2.48. The predicted octanol–water partition coefficient (Wildman–Crippen LogP) is 4.02. The summed E-state index contributed by atoms with van der Waals surface area (Å²) in [5.74, 6) is -2.55. The predicted molar refractivity (Wildman–Crippen MR) is 130 cm³/mol. The van der Waals surface area contributed by atoms with Gasteiger partial charge in [0.2, 0.25) is 0 Å². The lowest BCUT2D eigenvalue weighted by Gasteiger charge is -2.37. The average molecular weight is 508 g/mol. The van der Waals surface area contributed by atoms with Crippen molar-refractivity contribution in [1.82, 2.24) is 24.7 Å². The van der Waals surface area contributed by atoms with Crippen molar-refractivity contribution >= 4 is 17.4 Å². The zero-order chi connectivity index (χ0) is 26.3. The number of rotatable bonds is 6. The molecule has 0 fully saturated rings. The fourth-order valence-electron chi connectivity index (χ4n) is 4.34. The Morgan fingerprint density at radius 2 is 1.76 bits per heavy atom. The topological polar surface area (TPSA) is 98.5 Å². The van der Waals surface area contributed by atoms with E-state index in [4.69, 9.17) is 9.47 Å². The number of ether oxygens (including phenoxy) is 2. The first-order chi connectivity index (χ1) is 17.8. The summed E-state index contributed by atoms with van der Waals surface area (Å²) in [6.07, 6.45) is 7.97. The molecule has 2 amide bonds. The van der Waals surface area contributed by atoms with Gasteiger partial charge in [0, 0.05) is 49.0 Å². The number of urea groups is 1. The summed E-state index contributed by atoms with van der Waals surface area (Å²) in [5.41, 5.74) is 3.20. The van der Waals surface area contributed by atoms with Crippen LogP contribution in [0.15, 0.2) is 43.1 Å². The number of fused-ring (bicyclic) bond motifs is 1. The zero-order valence-corrected chi connectivity index (χ0v) is 20.6. The van der Waals surface area contributed by atoms with Crippen molar-refractivity contribution in [2.45, 2.75) is 20.0 Å². The monoisotopic (exact) mass is 507 g/mol.